The molecule has 0 unspecified atom stereocenters. The number of carbonyl (C=O) groups excluding carboxylic acids is 1. The van der Waals surface area contributed by atoms with Crippen molar-refractivity contribution in [2.75, 3.05) is 7.11 Å². The van der Waals surface area contributed by atoms with Crippen molar-refractivity contribution in [3.8, 4) is 0 Å². The predicted octanol–water partition coefficient (Wildman–Crippen LogP) is 1.60. The van der Waals surface area contributed by atoms with Crippen molar-refractivity contribution in [3.63, 3.8) is 0 Å². The van der Waals surface area contributed by atoms with Gasteiger partial charge in [-0.3, -0.25) is 4.79 Å². The van der Waals surface area contributed by atoms with Gasteiger partial charge in [0, 0.05) is 7.11 Å². The monoisotopic (exact) mass is 265 g/mol. The number of ether oxygens (including phenoxy) is 1. The summed E-state index contributed by atoms with van der Waals surface area (Å²) in [4.78, 5) is 23.2. The van der Waals surface area contributed by atoms with Gasteiger partial charge in [-0.15, -0.1) is 0 Å². The molecule has 0 radical (unpaired) electrons. The summed E-state index contributed by atoms with van der Waals surface area (Å²) in [5, 5.41) is 11.6. The highest BCUT2D eigenvalue weighted by molar-refractivity contribution is 5.87. The molecule has 0 aliphatic carbocycles. The molecule has 1 aromatic carbocycles. The first-order chi connectivity index (χ1) is 8.97. The van der Waals surface area contributed by atoms with Crippen LogP contribution < -0.4 is 5.32 Å². The number of carboxylic acids is 1. The van der Waals surface area contributed by atoms with Gasteiger partial charge in [-0.05, 0) is 11.5 Å². The minimum atomic E-state index is -1.05. The average Bonchev–Trinajstić information content (AvgIpc) is 2.37. The van der Waals surface area contributed by atoms with Crippen LogP contribution in [-0.4, -0.2) is 30.1 Å². The molecule has 1 amide bonds. The van der Waals surface area contributed by atoms with Gasteiger partial charge in [0.1, 0.15) is 6.04 Å². The lowest BCUT2D eigenvalue weighted by Gasteiger charge is -2.21. The maximum atomic E-state index is 12.1. The fraction of sp³-hybridized carbons (Fsp3) is 0.429. The van der Waals surface area contributed by atoms with Crippen LogP contribution in [-0.2, 0) is 14.3 Å². The molecule has 0 aromatic heterocycles. The molecule has 0 spiro atoms. The van der Waals surface area contributed by atoms with Gasteiger partial charge in [-0.25, -0.2) is 4.79 Å². The molecule has 5 heteroatoms. The van der Waals surface area contributed by atoms with Crippen molar-refractivity contribution in [2.45, 2.75) is 26.0 Å². The maximum absolute atomic E-state index is 12.1. The van der Waals surface area contributed by atoms with E-state index in [1.165, 1.54) is 7.11 Å². The fourth-order valence-electron chi connectivity index (χ4n) is 1.76. The number of carboxylic acid groups (broad SMARTS) is 1. The molecule has 0 fully saturated rings. The SMILES string of the molecule is CO[C@@H](C(=O)N[C@@H](C(=O)O)C(C)C)c1ccccc1. The Kier molecular flexibility index (Phi) is 5.51. The van der Waals surface area contributed by atoms with Gasteiger partial charge in [-0.1, -0.05) is 44.2 Å². The number of rotatable bonds is 6. The van der Waals surface area contributed by atoms with Gasteiger partial charge in [0.2, 0.25) is 0 Å². The predicted molar refractivity (Wildman–Crippen MR) is 70.6 cm³/mol. The summed E-state index contributed by atoms with van der Waals surface area (Å²) in [6.45, 7) is 3.48. The molecule has 19 heavy (non-hydrogen) atoms. The third-order valence-corrected chi connectivity index (χ3v) is 2.81. The number of amides is 1. The highest BCUT2D eigenvalue weighted by Crippen LogP contribution is 2.17. The van der Waals surface area contributed by atoms with Gasteiger partial charge in [-0.2, -0.15) is 0 Å². The van der Waals surface area contributed by atoms with E-state index in [-0.39, 0.29) is 5.92 Å². The van der Waals surface area contributed by atoms with Crippen LogP contribution in [0.1, 0.15) is 25.5 Å². The molecule has 1 rings (SSSR count). The van der Waals surface area contributed by atoms with E-state index in [9.17, 15) is 9.59 Å². The molecule has 0 aliphatic rings. The quantitative estimate of drug-likeness (QED) is 0.819. The lowest BCUT2D eigenvalue weighted by Crippen LogP contribution is -2.46. The summed E-state index contributed by atoms with van der Waals surface area (Å²) in [5.41, 5.74) is 0.690. The molecule has 5 nitrogen and oxygen atoms in total. The Morgan fingerprint density at radius 2 is 1.79 bits per heavy atom. The zero-order valence-corrected chi connectivity index (χ0v) is 11.3. The van der Waals surface area contributed by atoms with Gasteiger partial charge in [0.15, 0.2) is 6.10 Å². The van der Waals surface area contributed by atoms with Gasteiger partial charge in [0.25, 0.3) is 5.91 Å². The third kappa shape index (κ3) is 4.06. The first kappa shape index (κ1) is 15.2. The number of methoxy groups -OCH3 is 1. The summed E-state index contributed by atoms with van der Waals surface area (Å²) in [5.74, 6) is -1.70. The van der Waals surface area contributed by atoms with Crippen molar-refractivity contribution in [2.24, 2.45) is 5.92 Å². The van der Waals surface area contributed by atoms with Crippen molar-refractivity contribution in [1.82, 2.24) is 5.32 Å². The van der Waals surface area contributed by atoms with Gasteiger partial charge >= 0.3 is 5.97 Å². The van der Waals surface area contributed by atoms with Crippen molar-refractivity contribution >= 4 is 11.9 Å². The zero-order valence-electron chi connectivity index (χ0n) is 11.3. The van der Waals surface area contributed by atoms with Crippen LogP contribution in [0.25, 0.3) is 0 Å². The van der Waals surface area contributed by atoms with E-state index >= 15 is 0 Å². The Hall–Kier alpha value is -1.88. The van der Waals surface area contributed by atoms with Crippen molar-refractivity contribution < 1.29 is 19.4 Å². The van der Waals surface area contributed by atoms with E-state index in [1.54, 1.807) is 38.1 Å². The molecule has 0 aliphatic heterocycles. The molecule has 2 atom stereocenters. The second-order valence-electron chi connectivity index (χ2n) is 4.59. The minimum absolute atomic E-state index is 0.199. The van der Waals surface area contributed by atoms with Crippen molar-refractivity contribution in [3.05, 3.63) is 35.9 Å². The smallest absolute Gasteiger partial charge is 0.326 e. The number of hydrogen-bond acceptors (Lipinski definition) is 3. The Labute approximate surface area is 112 Å². The van der Waals surface area contributed by atoms with Crippen LogP contribution in [0.5, 0.6) is 0 Å². The van der Waals surface area contributed by atoms with E-state index in [0.717, 1.165) is 0 Å². The summed E-state index contributed by atoms with van der Waals surface area (Å²) in [6.07, 6.45) is -0.804. The highest BCUT2D eigenvalue weighted by Gasteiger charge is 2.28. The lowest BCUT2D eigenvalue weighted by molar-refractivity contribution is -0.145. The topological polar surface area (TPSA) is 75.6 Å². The molecule has 0 bridgehead atoms. The molecular formula is C14H19NO4. The molecule has 2 N–H and O–H groups in total. The number of carbonyl (C=O) groups is 2. The summed E-state index contributed by atoms with van der Waals surface area (Å²) >= 11 is 0. The van der Waals surface area contributed by atoms with Gasteiger partial charge < -0.3 is 15.2 Å². The van der Waals surface area contributed by atoms with Crippen LogP contribution in [0, 0.1) is 5.92 Å². The van der Waals surface area contributed by atoms with E-state index in [4.69, 9.17) is 9.84 Å². The summed E-state index contributed by atoms with van der Waals surface area (Å²) in [7, 11) is 1.42. The summed E-state index contributed by atoms with van der Waals surface area (Å²) < 4.78 is 5.15. The van der Waals surface area contributed by atoms with E-state index in [0.29, 0.717) is 5.56 Å². The van der Waals surface area contributed by atoms with Crippen LogP contribution >= 0.6 is 0 Å². The standard InChI is InChI=1S/C14H19NO4/c1-9(2)11(14(17)18)15-13(16)12(19-3)10-7-5-4-6-8-10/h4-9,11-12H,1-3H3,(H,15,16)(H,17,18)/t11-,12-/m1/s1. The largest absolute Gasteiger partial charge is 0.480 e. The molecule has 0 saturated carbocycles. The zero-order chi connectivity index (χ0) is 14.4. The molecule has 104 valence electrons. The lowest BCUT2D eigenvalue weighted by atomic mass is 10.0. The molecule has 0 heterocycles. The second kappa shape index (κ2) is 6.89. The Morgan fingerprint density at radius 3 is 2.21 bits per heavy atom. The first-order valence-electron chi connectivity index (χ1n) is 6.08. The highest BCUT2D eigenvalue weighted by atomic mass is 16.5. The van der Waals surface area contributed by atoms with E-state index in [1.807, 2.05) is 6.07 Å². The average molecular weight is 265 g/mol. The number of nitrogens with one attached hydrogen (secondary N) is 1. The molecule has 0 saturated heterocycles. The third-order valence-electron chi connectivity index (χ3n) is 2.81. The van der Waals surface area contributed by atoms with Crippen LogP contribution in [0.2, 0.25) is 0 Å². The Morgan fingerprint density at radius 1 is 1.21 bits per heavy atom. The Bertz CT molecular complexity index is 430. The van der Waals surface area contributed by atoms with Crippen LogP contribution in [0.4, 0.5) is 0 Å². The van der Waals surface area contributed by atoms with E-state index in [2.05, 4.69) is 5.32 Å². The van der Waals surface area contributed by atoms with Crippen molar-refractivity contribution in [1.29, 1.82) is 0 Å². The Balaban J connectivity index is 2.83. The summed E-state index contributed by atoms with van der Waals surface area (Å²) in [6, 6.07) is 8.03. The number of hydrogen-bond donors (Lipinski definition) is 2. The number of benzene rings is 1. The maximum Gasteiger partial charge on any atom is 0.326 e. The normalized spacial score (nSPS) is 13.9. The first-order valence-corrected chi connectivity index (χ1v) is 6.08. The molecule has 1 aromatic rings. The minimum Gasteiger partial charge on any atom is -0.480 e. The number of aliphatic carboxylic acids is 1. The molecular weight excluding hydrogens is 246 g/mol. The van der Waals surface area contributed by atoms with E-state index < -0.39 is 24.0 Å². The van der Waals surface area contributed by atoms with Crippen LogP contribution in [0.15, 0.2) is 30.3 Å². The van der Waals surface area contributed by atoms with Crippen LogP contribution in [0.3, 0.4) is 0 Å². The fourth-order valence-corrected chi connectivity index (χ4v) is 1.76. The second-order valence-corrected chi connectivity index (χ2v) is 4.59. The van der Waals surface area contributed by atoms with Gasteiger partial charge in [0.05, 0.1) is 0 Å².